The van der Waals surface area contributed by atoms with Crippen molar-refractivity contribution in [2.24, 2.45) is 0 Å². The number of amides is 1. The molecule has 0 saturated carbocycles. The molecule has 0 aliphatic carbocycles. The minimum Gasteiger partial charge on any atom is -0.508 e. The number of anilines is 2. The third-order valence-corrected chi connectivity index (χ3v) is 5.04. The molecule has 24 heavy (non-hydrogen) atoms. The van der Waals surface area contributed by atoms with Gasteiger partial charge in [0, 0.05) is 35.4 Å². The number of phenols is 1. The lowest BCUT2D eigenvalue weighted by Gasteiger charge is -2.35. The predicted molar refractivity (Wildman–Crippen MR) is 105 cm³/mol. The molecule has 0 spiro atoms. The second kappa shape index (κ2) is 7.85. The highest BCUT2D eigenvalue weighted by Gasteiger charge is 2.19. The van der Waals surface area contributed by atoms with Gasteiger partial charge in [-0.05, 0) is 59.0 Å². The minimum atomic E-state index is 0.0252. The Morgan fingerprint density at radius 3 is 2.38 bits per heavy atom. The van der Waals surface area contributed by atoms with Crippen molar-refractivity contribution in [3.8, 4) is 5.75 Å². The van der Waals surface area contributed by atoms with Crippen molar-refractivity contribution in [1.29, 1.82) is 0 Å². The fraction of sp³-hybridized carbons (Fsp3) is 0.278. The molecule has 6 heteroatoms. The van der Waals surface area contributed by atoms with Crippen molar-refractivity contribution < 1.29 is 9.90 Å². The lowest BCUT2D eigenvalue weighted by molar-refractivity contribution is -0.117. The van der Waals surface area contributed by atoms with E-state index in [9.17, 15) is 9.90 Å². The number of phenolic OH excluding ortho intramolecular Hbond substituents is 1. The van der Waals surface area contributed by atoms with Crippen LogP contribution in [0.2, 0.25) is 0 Å². The molecule has 1 saturated heterocycles. The number of carbonyl (C=O) groups is 1. The second-order valence-corrected chi connectivity index (χ2v) is 6.97. The van der Waals surface area contributed by atoms with Crippen LogP contribution in [0.1, 0.15) is 0 Å². The van der Waals surface area contributed by atoms with E-state index in [1.807, 2.05) is 36.4 Å². The van der Waals surface area contributed by atoms with Crippen LogP contribution in [0.5, 0.6) is 5.75 Å². The highest BCUT2D eigenvalue weighted by atomic mass is 127. The van der Waals surface area contributed by atoms with Crippen molar-refractivity contribution in [2.75, 3.05) is 42.9 Å². The molecule has 0 atom stereocenters. The van der Waals surface area contributed by atoms with Gasteiger partial charge in [0.1, 0.15) is 5.75 Å². The number of nitrogens with one attached hydrogen (secondary N) is 1. The van der Waals surface area contributed by atoms with Crippen molar-refractivity contribution in [3.05, 3.63) is 52.1 Å². The zero-order chi connectivity index (χ0) is 16.9. The van der Waals surface area contributed by atoms with Gasteiger partial charge in [0.25, 0.3) is 0 Å². The average molecular weight is 437 g/mol. The van der Waals surface area contributed by atoms with Crippen LogP contribution < -0.4 is 10.2 Å². The number of benzene rings is 2. The van der Waals surface area contributed by atoms with Gasteiger partial charge < -0.3 is 15.3 Å². The first-order valence-electron chi connectivity index (χ1n) is 7.92. The molecule has 0 radical (unpaired) electrons. The number of rotatable bonds is 4. The van der Waals surface area contributed by atoms with Gasteiger partial charge >= 0.3 is 0 Å². The minimum absolute atomic E-state index is 0.0252. The van der Waals surface area contributed by atoms with Crippen LogP contribution in [0.25, 0.3) is 0 Å². The largest absolute Gasteiger partial charge is 0.508 e. The third kappa shape index (κ3) is 4.39. The van der Waals surface area contributed by atoms with Gasteiger partial charge in [0.15, 0.2) is 0 Å². The Labute approximate surface area is 155 Å². The monoisotopic (exact) mass is 437 g/mol. The summed E-state index contributed by atoms with van der Waals surface area (Å²) in [6, 6.07) is 15.0. The summed E-state index contributed by atoms with van der Waals surface area (Å²) < 4.78 is 1.04. The molecule has 2 aromatic rings. The van der Waals surface area contributed by atoms with Crippen molar-refractivity contribution in [3.63, 3.8) is 0 Å². The van der Waals surface area contributed by atoms with Gasteiger partial charge in [-0.2, -0.15) is 0 Å². The quantitative estimate of drug-likeness (QED) is 0.723. The molecule has 5 nitrogen and oxygen atoms in total. The second-order valence-electron chi connectivity index (χ2n) is 5.81. The molecule has 0 unspecified atom stereocenters. The molecular formula is C18H20IN3O2. The number of halogens is 1. The van der Waals surface area contributed by atoms with Gasteiger partial charge in [0.2, 0.25) is 5.91 Å². The Morgan fingerprint density at radius 1 is 1.04 bits per heavy atom. The molecule has 3 rings (SSSR count). The Bertz CT molecular complexity index is 698. The van der Waals surface area contributed by atoms with E-state index in [4.69, 9.17) is 0 Å². The number of para-hydroxylation sites is 1. The summed E-state index contributed by atoms with van der Waals surface area (Å²) in [4.78, 5) is 16.7. The van der Waals surface area contributed by atoms with E-state index in [-0.39, 0.29) is 11.7 Å². The Balaban J connectivity index is 1.49. The van der Waals surface area contributed by atoms with E-state index in [1.54, 1.807) is 12.1 Å². The maximum absolute atomic E-state index is 12.2. The van der Waals surface area contributed by atoms with Crippen LogP contribution in [-0.4, -0.2) is 48.6 Å². The SMILES string of the molecule is O=C(CN1CCN(c2ccc(O)cc2)CC1)Nc1ccccc1I. The fourth-order valence-electron chi connectivity index (χ4n) is 2.78. The van der Waals surface area contributed by atoms with E-state index in [0.717, 1.165) is 41.1 Å². The van der Waals surface area contributed by atoms with Crippen molar-refractivity contribution in [1.82, 2.24) is 4.90 Å². The van der Waals surface area contributed by atoms with E-state index in [1.165, 1.54) is 0 Å². The smallest absolute Gasteiger partial charge is 0.238 e. The zero-order valence-corrected chi connectivity index (χ0v) is 15.4. The summed E-state index contributed by atoms with van der Waals surface area (Å²) in [7, 11) is 0. The Hall–Kier alpha value is -1.80. The van der Waals surface area contributed by atoms with Crippen LogP contribution in [-0.2, 0) is 4.79 Å². The van der Waals surface area contributed by atoms with Gasteiger partial charge in [0.05, 0.1) is 12.2 Å². The van der Waals surface area contributed by atoms with Crippen LogP contribution >= 0.6 is 22.6 Å². The Kier molecular flexibility index (Phi) is 5.57. The molecule has 0 bridgehead atoms. The summed E-state index contributed by atoms with van der Waals surface area (Å²) in [6.07, 6.45) is 0. The van der Waals surface area contributed by atoms with Crippen molar-refractivity contribution in [2.45, 2.75) is 0 Å². The molecule has 2 aromatic carbocycles. The predicted octanol–water partition coefficient (Wildman–Crippen LogP) is 2.76. The molecule has 0 aromatic heterocycles. The van der Waals surface area contributed by atoms with Crippen molar-refractivity contribution >= 4 is 39.9 Å². The zero-order valence-electron chi connectivity index (χ0n) is 13.3. The lowest BCUT2D eigenvalue weighted by atomic mass is 10.2. The molecule has 1 heterocycles. The lowest BCUT2D eigenvalue weighted by Crippen LogP contribution is -2.48. The summed E-state index contributed by atoms with van der Waals surface area (Å²) in [5.41, 5.74) is 1.97. The maximum atomic E-state index is 12.2. The first-order chi connectivity index (χ1) is 11.6. The molecule has 1 aliphatic heterocycles. The number of aromatic hydroxyl groups is 1. The molecule has 1 amide bonds. The maximum Gasteiger partial charge on any atom is 0.238 e. The van der Waals surface area contributed by atoms with E-state index in [2.05, 4.69) is 37.7 Å². The normalized spacial score (nSPS) is 15.3. The average Bonchev–Trinajstić information content (AvgIpc) is 2.58. The number of hydrogen-bond acceptors (Lipinski definition) is 4. The van der Waals surface area contributed by atoms with Crippen LogP contribution in [0.4, 0.5) is 11.4 Å². The summed E-state index contributed by atoms with van der Waals surface area (Å²) in [6.45, 7) is 3.86. The van der Waals surface area contributed by atoms with Gasteiger partial charge in [-0.1, -0.05) is 12.1 Å². The number of piperazine rings is 1. The first-order valence-corrected chi connectivity index (χ1v) is 9.00. The highest BCUT2D eigenvalue weighted by molar-refractivity contribution is 14.1. The topological polar surface area (TPSA) is 55.8 Å². The van der Waals surface area contributed by atoms with Crippen LogP contribution in [0.15, 0.2) is 48.5 Å². The number of carbonyl (C=O) groups excluding carboxylic acids is 1. The number of nitrogens with zero attached hydrogens (tertiary/aromatic N) is 2. The number of hydrogen-bond donors (Lipinski definition) is 2. The first kappa shape index (κ1) is 17.0. The molecule has 2 N–H and O–H groups in total. The summed E-state index contributed by atoms with van der Waals surface area (Å²) >= 11 is 2.22. The van der Waals surface area contributed by atoms with Crippen LogP contribution in [0.3, 0.4) is 0 Å². The molecule has 1 fully saturated rings. The standard InChI is InChI=1S/C18H20IN3O2/c19-16-3-1-2-4-17(16)20-18(24)13-21-9-11-22(12-10-21)14-5-7-15(23)8-6-14/h1-8,23H,9-13H2,(H,20,24). The molecule has 1 aliphatic rings. The molecule has 126 valence electrons. The summed E-state index contributed by atoms with van der Waals surface area (Å²) in [5.74, 6) is 0.307. The third-order valence-electron chi connectivity index (χ3n) is 4.10. The van der Waals surface area contributed by atoms with Crippen LogP contribution in [0, 0.1) is 3.57 Å². The van der Waals surface area contributed by atoms with E-state index in [0.29, 0.717) is 6.54 Å². The van der Waals surface area contributed by atoms with E-state index < -0.39 is 0 Å². The van der Waals surface area contributed by atoms with Gasteiger partial charge in [-0.3, -0.25) is 9.69 Å². The van der Waals surface area contributed by atoms with Gasteiger partial charge in [-0.25, -0.2) is 0 Å². The molecular weight excluding hydrogens is 417 g/mol. The summed E-state index contributed by atoms with van der Waals surface area (Å²) in [5, 5.41) is 12.3. The fourth-order valence-corrected chi connectivity index (χ4v) is 3.31. The van der Waals surface area contributed by atoms with E-state index >= 15 is 0 Å². The van der Waals surface area contributed by atoms with Gasteiger partial charge in [-0.15, -0.1) is 0 Å². The Morgan fingerprint density at radius 2 is 1.71 bits per heavy atom. The highest BCUT2D eigenvalue weighted by Crippen LogP contribution is 2.20.